The molecule has 0 spiro atoms. The predicted molar refractivity (Wildman–Crippen MR) is 46.1 cm³/mol. The van der Waals surface area contributed by atoms with Crippen LogP contribution >= 0.6 is 11.8 Å². The monoisotopic (exact) mass is 229 g/mol. The zero-order valence-electron chi connectivity index (χ0n) is 7.43. The zero-order valence-corrected chi connectivity index (χ0v) is 8.24. The Morgan fingerprint density at radius 3 is 2.64 bits per heavy atom. The summed E-state index contributed by atoms with van der Waals surface area (Å²) < 4.78 is 39.8. The number of carbonyl (C=O) groups excluding carboxylic acids is 1. The van der Waals surface area contributed by atoms with Crippen LogP contribution in [0.2, 0.25) is 0 Å². The van der Waals surface area contributed by atoms with Gasteiger partial charge < -0.3 is 10.1 Å². The zero-order chi connectivity index (χ0) is 10.8. The fourth-order valence-electron chi connectivity index (χ4n) is 1.19. The van der Waals surface area contributed by atoms with Gasteiger partial charge in [-0.05, 0) is 6.26 Å². The van der Waals surface area contributed by atoms with Crippen LogP contribution in [0, 0.1) is 0 Å². The Hall–Kier alpha value is -0.430. The summed E-state index contributed by atoms with van der Waals surface area (Å²) in [6.07, 6.45) is -3.81. The largest absolute Gasteiger partial charge is 0.490 e. The molecule has 1 rings (SSSR count). The molecule has 82 valence electrons. The number of hydrogen-bond acceptors (Lipinski definition) is 4. The van der Waals surface area contributed by atoms with Gasteiger partial charge in [0, 0.05) is 13.1 Å². The molecule has 0 amide bonds. The van der Waals surface area contributed by atoms with Crippen molar-refractivity contribution in [2.75, 3.05) is 19.3 Å². The smallest absolute Gasteiger partial charge is 0.453 e. The van der Waals surface area contributed by atoms with E-state index in [2.05, 4.69) is 10.1 Å². The van der Waals surface area contributed by atoms with Crippen molar-refractivity contribution in [2.24, 2.45) is 0 Å². The third kappa shape index (κ3) is 2.78. The molecular weight excluding hydrogens is 219 g/mol. The first-order valence-corrected chi connectivity index (χ1v) is 5.25. The van der Waals surface area contributed by atoms with E-state index in [1.165, 1.54) is 11.8 Å². The number of esters is 1. The fourth-order valence-corrected chi connectivity index (χ4v) is 1.93. The van der Waals surface area contributed by atoms with Gasteiger partial charge in [0.25, 0.3) is 0 Å². The molecule has 0 saturated carbocycles. The van der Waals surface area contributed by atoms with Gasteiger partial charge in [-0.1, -0.05) is 0 Å². The van der Waals surface area contributed by atoms with Crippen LogP contribution in [-0.4, -0.2) is 42.8 Å². The van der Waals surface area contributed by atoms with Crippen molar-refractivity contribution < 1.29 is 22.7 Å². The van der Waals surface area contributed by atoms with E-state index < -0.39 is 18.2 Å². The topological polar surface area (TPSA) is 38.3 Å². The molecule has 7 heteroatoms. The number of hydrogen-bond donors (Lipinski definition) is 1. The molecule has 14 heavy (non-hydrogen) atoms. The summed E-state index contributed by atoms with van der Waals surface area (Å²) in [5.41, 5.74) is 0. The van der Waals surface area contributed by atoms with Crippen molar-refractivity contribution >= 4 is 17.7 Å². The van der Waals surface area contributed by atoms with Gasteiger partial charge in [-0.25, -0.2) is 4.79 Å². The Balaban J connectivity index is 2.48. The molecule has 3 nitrogen and oxygen atoms in total. The van der Waals surface area contributed by atoms with Crippen molar-refractivity contribution in [1.29, 1.82) is 0 Å². The van der Waals surface area contributed by atoms with E-state index in [0.717, 1.165) is 0 Å². The summed E-state index contributed by atoms with van der Waals surface area (Å²) in [7, 11) is 0. The Kier molecular flexibility index (Phi) is 3.65. The number of nitrogens with one attached hydrogen (secondary N) is 1. The number of ether oxygens (including phenoxy) is 1. The van der Waals surface area contributed by atoms with Gasteiger partial charge >= 0.3 is 12.1 Å². The maximum absolute atomic E-state index is 11.8. The van der Waals surface area contributed by atoms with Gasteiger partial charge in [0.05, 0.1) is 5.25 Å². The lowest BCUT2D eigenvalue weighted by Gasteiger charge is -2.17. The molecule has 0 bridgehead atoms. The molecular formula is C7H10F3NO2S. The van der Waals surface area contributed by atoms with E-state index in [-0.39, 0.29) is 11.8 Å². The van der Waals surface area contributed by atoms with Gasteiger partial charge in [-0.3, -0.25) is 0 Å². The number of thioether (sulfide) groups is 1. The van der Waals surface area contributed by atoms with Crippen LogP contribution in [0.15, 0.2) is 0 Å². The second kappa shape index (κ2) is 4.39. The first-order chi connectivity index (χ1) is 6.45. The minimum absolute atomic E-state index is 0.0960. The highest BCUT2D eigenvalue weighted by molar-refractivity contribution is 7.99. The van der Waals surface area contributed by atoms with Gasteiger partial charge in [-0.15, -0.1) is 0 Å². The first-order valence-electron chi connectivity index (χ1n) is 3.96. The third-order valence-electron chi connectivity index (χ3n) is 1.90. The van der Waals surface area contributed by atoms with Crippen LogP contribution in [0.5, 0.6) is 0 Å². The predicted octanol–water partition coefficient (Wildman–Crippen LogP) is 0.795. The summed E-state index contributed by atoms with van der Waals surface area (Å²) in [5, 5.41) is 2.77. The molecule has 0 aliphatic carbocycles. The Bertz CT molecular complexity index is 221. The second-order valence-corrected chi connectivity index (χ2v) is 3.95. The molecule has 1 aliphatic heterocycles. The van der Waals surface area contributed by atoms with Gasteiger partial charge in [0.15, 0.2) is 0 Å². The van der Waals surface area contributed by atoms with Gasteiger partial charge in [0.1, 0.15) is 6.10 Å². The molecule has 0 radical (unpaired) electrons. The highest BCUT2D eigenvalue weighted by Gasteiger charge is 2.44. The molecule has 1 heterocycles. The summed E-state index contributed by atoms with van der Waals surface area (Å²) in [6, 6.07) is 0. The fraction of sp³-hybridized carbons (Fsp3) is 0.857. The lowest BCUT2D eigenvalue weighted by Crippen LogP contribution is -2.34. The number of rotatable bonds is 2. The van der Waals surface area contributed by atoms with Crippen LogP contribution in [0.3, 0.4) is 0 Å². The molecule has 1 fully saturated rings. The van der Waals surface area contributed by atoms with Gasteiger partial charge in [-0.2, -0.15) is 24.9 Å². The summed E-state index contributed by atoms with van der Waals surface area (Å²) in [4.78, 5) is 10.5. The van der Waals surface area contributed by atoms with Crippen molar-refractivity contribution in [3.63, 3.8) is 0 Å². The average Bonchev–Trinajstić information content (AvgIpc) is 2.50. The maximum atomic E-state index is 11.8. The minimum atomic E-state index is -4.90. The van der Waals surface area contributed by atoms with Crippen LogP contribution < -0.4 is 5.32 Å². The standard InChI is InChI=1S/C7H10F3NO2S/c1-14-5-3-11-2-4(5)13-6(12)7(8,9)10/h4-5,11H,2-3H2,1H3. The Labute approximate surface area is 83.4 Å². The lowest BCUT2D eigenvalue weighted by atomic mass is 10.3. The molecule has 0 aromatic carbocycles. The van der Waals surface area contributed by atoms with E-state index in [4.69, 9.17) is 0 Å². The lowest BCUT2D eigenvalue weighted by molar-refractivity contribution is -0.203. The van der Waals surface area contributed by atoms with Crippen molar-refractivity contribution in [3.05, 3.63) is 0 Å². The Morgan fingerprint density at radius 2 is 2.14 bits per heavy atom. The molecule has 0 aromatic rings. The molecule has 1 N–H and O–H groups in total. The highest BCUT2D eigenvalue weighted by atomic mass is 32.2. The van der Waals surface area contributed by atoms with Crippen LogP contribution in [0.1, 0.15) is 0 Å². The summed E-state index contributed by atoms with van der Waals surface area (Å²) in [5.74, 6) is -2.11. The quantitative estimate of drug-likeness (QED) is 0.711. The number of alkyl halides is 3. The van der Waals surface area contributed by atoms with E-state index in [0.29, 0.717) is 6.54 Å². The molecule has 0 aromatic heterocycles. The normalized spacial score (nSPS) is 27.7. The maximum Gasteiger partial charge on any atom is 0.490 e. The van der Waals surface area contributed by atoms with Crippen LogP contribution in [-0.2, 0) is 9.53 Å². The van der Waals surface area contributed by atoms with Crippen LogP contribution in [0.25, 0.3) is 0 Å². The van der Waals surface area contributed by atoms with Crippen molar-refractivity contribution in [2.45, 2.75) is 17.5 Å². The van der Waals surface area contributed by atoms with Gasteiger partial charge in [0.2, 0.25) is 0 Å². The number of halogens is 3. The highest BCUT2D eigenvalue weighted by Crippen LogP contribution is 2.22. The van der Waals surface area contributed by atoms with Crippen molar-refractivity contribution in [1.82, 2.24) is 5.32 Å². The van der Waals surface area contributed by atoms with E-state index >= 15 is 0 Å². The van der Waals surface area contributed by atoms with E-state index in [1.807, 2.05) is 0 Å². The molecule has 2 atom stereocenters. The average molecular weight is 229 g/mol. The SMILES string of the molecule is CSC1CNCC1OC(=O)C(F)(F)F. The third-order valence-corrected chi connectivity index (χ3v) is 2.97. The summed E-state index contributed by atoms with van der Waals surface area (Å²) >= 11 is 1.39. The number of carbonyl (C=O) groups is 1. The molecule has 1 saturated heterocycles. The van der Waals surface area contributed by atoms with Crippen molar-refractivity contribution in [3.8, 4) is 0 Å². The van der Waals surface area contributed by atoms with E-state index in [9.17, 15) is 18.0 Å². The minimum Gasteiger partial charge on any atom is -0.453 e. The van der Waals surface area contributed by atoms with Crippen LogP contribution in [0.4, 0.5) is 13.2 Å². The molecule has 1 aliphatic rings. The second-order valence-electron chi connectivity index (χ2n) is 2.87. The Morgan fingerprint density at radius 1 is 1.50 bits per heavy atom. The summed E-state index contributed by atoms with van der Waals surface area (Å²) in [6.45, 7) is 0.851. The van der Waals surface area contributed by atoms with E-state index in [1.54, 1.807) is 6.26 Å². The first kappa shape index (κ1) is 11.6. The molecule has 2 unspecified atom stereocenters.